The lowest BCUT2D eigenvalue weighted by Gasteiger charge is -2.30. The van der Waals surface area contributed by atoms with Crippen molar-refractivity contribution in [3.05, 3.63) is 65.5 Å². The summed E-state index contributed by atoms with van der Waals surface area (Å²) < 4.78 is 39.5. The minimum Gasteiger partial charge on any atom is -0.326 e. The van der Waals surface area contributed by atoms with E-state index in [1.54, 1.807) is 0 Å². The molecule has 0 radical (unpaired) electrons. The fourth-order valence-electron chi connectivity index (χ4n) is 3.16. The minimum atomic E-state index is -3.48. The van der Waals surface area contributed by atoms with Gasteiger partial charge in [-0.3, -0.25) is 4.79 Å². The zero-order valence-electron chi connectivity index (χ0n) is 15.2. The van der Waals surface area contributed by atoms with Gasteiger partial charge < -0.3 is 5.32 Å². The van der Waals surface area contributed by atoms with E-state index in [4.69, 9.17) is 0 Å². The predicted molar refractivity (Wildman–Crippen MR) is 103 cm³/mol. The van der Waals surface area contributed by atoms with Crippen LogP contribution in [0.2, 0.25) is 0 Å². The Kier molecular flexibility index (Phi) is 5.92. The van der Waals surface area contributed by atoms with Gasteiger partial charge in [0.05, 0.1) is 5.75 Å². The molecule has 3 rings (SSSR count). The number of piperidine rings is 1. The molecule has 1 aliphatic heterocycles. The van der Waals surface area contributed by atoms with Crippen LogP contribution in [0.15, 0.2) is 48.5 Å². The van der Waals surface area contributed by atoms with Crippen molar-refractivity contribution in [2.24, 2.45) is 5.92 Å². The Bertz CT molecular complexity index is 888. The van der Waals surface area contributed by atoms with Crippen molar-refractivity contribution in [1.82, 2.24) is 4.31 Å². The molecule has 27 heavy (non-hydrogen) atoms. The molecule has 1 aliphatic rings. The van der Waals surface area contributed by atoms with Crippen LogP contribution in [0, 0.1) is 18.7 Å². The first-order valence-corrected chi connectivity index (χ1v) is 10.5. The molecule has 1 heterocycles. The van der Waals surface area contributed by atoms with Gasteiger partial charge in [0, 0.05) is 24.7 Å². The number of amides is 1. The Labute approximate surface area is 159 Å². The Hall–Kier alpha value is -2.25. The highest BCUT2D eigenvalue weighted by Crippen LogP contribution is 2.23. The molecule has 1 saturated heterocycles. The number of sulfonamides is 1. The van der Waals surface area contributed by atoms with Crippen LogP contribution >= 0.6 is 0 Å². The zero-order chi connectivity index (χ0) is 19.4. The van der Waals surface area contributed by atoms with E-state index in [2.05, 4.69) is 5.32 Å². The lowest BCUT2D eigenvalue weighted by molar-refractivity contribution is -0.120. The quantitative estimate of drug-likeness (QED) is 0.852. The maximum absolute atomic E-state index is 13.0. The third-order valence-corrected chi connectivity index (χ3v) is 6.65. The number of benzene rings is 2. The van der Waals surface area contributed by atoms with Crippen LogP contribution in [0.5, 0.6) is 0 Å². The van der Waals surface area contributed by atoms with Gasteiger partial charge in [0.2, 0.25) is 15.9 Å². The van der Waals surface area contributed by atoms with Crippen molar-refractivity contribution < 1.29 is 17.6 Å². The number of hydrogen-bond acceptors (Lipinski definition) is 3. The van der Waals surface area contributed by atoms with Gasteiger partial charge >= 0.3 is 0 Å². The lowest BCUT2D eigenvalue weighted by atomic mass is 9.97. The third-order valence-electron chi connectivity index (χ3n) is 4.80. The molecular formula is C20H23FN2O3S. The zero-order valence-corrected chi connectivity index (χ0v) is 16.0. The smallest absolute Gasteiger partial charge is 0.227 e. The number of aryl methyl sites for hydroxylation is 1. The SMILES string of the molecule is Cc1ccc(NC(=O)C2CCN(S(=O)(=O)Cc3ccc(F)cc3)CC2)cc1. The number of halogens is 1. The second kappa shape index (κ2) is 8.19. The predicted octanol–water partition coefficient (Wildman–Crippen LogP) is 3.31. The summed E-state index contributed by atoms with van der Waals surface area (Å²) in [5.41, 5.74) is 2.42. The molecule has 0 bridgehead atoms. The van der Waals surface area contributed by atoms with Gasteiger partial charge in [-0.25, -0.2) is 17.1 Å². The van der Waals surface area contributed by atoms with Gasteiger partial charge in [-0.15, -0.1) is 0 Å². The highest BCUT2D eigenvalue weighted by Gasteiger charge is 2.31. The molecule has 0 unspecified atom stereocenters. The average molecular weight is 390 g/mol. The van der Waals surface area contributed by atoms with Crippen LogP contribution in [-0.4, -0.2) is 31.7 Å². The van der Waals surface area contributed by atoms with Gasteiger partial charge in [-0.2, -0.15) is 0 Å². The van der Waals surface area contributed by atoms with Gasteiger partial charge in [0.15, 0.2) is 0 Å². The summed E-state index contributed by atoms with van der Waals surface area (Å²) >= 11 is 0. The number of hydrogen-bond donors (Lipinski definition) is 1. The first-order valence-electron chi connectivity index (χ1n) is 8.93. The van der Waals surface area contributed by atoms with Crippen LogP contribution in [-0.2, 0) is 20.6 Å². The molecule has 7 heteroatoms. The van der Waals surface area contributed by atoms with Gasteiger partial charge in [0.1, 0.15) is 5.82 Å². The molecule has 1 amide bonds. The molecule has 1 fully saturated rings. The maximum atomic E-state index is 13.0. The Balaban J connectivity index is 1.55. The molecular weight excluding hydrogens is 367 g/mol. The third kappa shape index (κ3) is 5.14. The van der Waals surface area contributed by atoms with Crippen molar-refractivity contribution in [3.63, 3.8) is 0 Å². The topological polar surface area (TPSA) is 66.5 Å². The molecule has 0 aliphatic carbocycles. The van der Waals surface area contributed by atoms with E-state index >= 15 is 0 Å². The molecule has 144 valence electrons. The summed E-state index contributed by atoms with van der Waals surface area (Å²) in [5, 5.41) is 2.90. The standard InChI is InChI=1S/C20H23FN2O3S/c1-15-2-8-19(9-3-15)22-20(24)17-10-12-23(13-11-17)27(25,26)14-16-4-6-18(21)7-5-16/h2-9,17H,10-14H2,1H3,(H,22,24). The number of nitrogens with zero attached hydrogens (tertiary/aromatic N) is 1. The molecule has 0 spiro atoms. The summed E-state index contributed by atoms with van der Waals surface area (Å²) in [6.45, 7) is 2.61. The Morgan fingerprint density at radius 2 is 1.67 bits per heavy atom. The highest BCUT2D eigenvalue weighted by molar-refractivity contribution is 7.88. The van der Waals surface area contributed by atoms with Crippen LogP contribution in [0.1, 0.15) is 24.0 Å². The molecule has 0 saturated carbocycles. The second-order valence-electron chi connectivity index (χ2n) is 6.91. The van der Waals surface area contributed by atoms with Gasteiger partial charge in [-0.05, 0) is 49.6 Å². The maximum Gasteiger partial charge on any atom is 0.227 e. The normalized spacial score (nSPS) is 16.2. The van der Waals surface area contributed by atoms with Crippen LogP contribution in [0.25, 0.3) is 0 Å². The fourth-order valence-corrected chi connectivity index (χ4v) is 4.72. The summed E-state index contributed by atoms with van der Waals surface area (Å²) in [6.07, 6.45) is 0.973. The summed E-state index contributed by atoms with van der Waals surface area (Å²) in [5.74, 6) is -0.831. The molecule has 5 nitrogen and oxygen atoms in total. The molecule has 0 atom stereocenters. The largest absolute Gasteiger partial charge is 0.326 e. The number of anilines is 1. The first-order chi connectivity index (χ1) is 12.8. The van der Waals surface area contributed by atoms with E-state index in [9.17, 15) is 17.6 Å². The molecule has 2 aromatic carbocycles. The van der Waals surface area contributed by atoms with Gasteiger partial charge in [0.25, 0.3) is 0 Å². The van der Waals surface area contributed by atoms with Crippen molar-refractivity contribution in [1.29, 1.82) is 0 Å². The summed E-state index contributed by atoms with van der Waals surface area (Å²) in [7, 11) is -3.48. The molecule has 1 N–H and O–H groups in total. The van der Waals surface area contributed by atoms with E-state index in [1.807, 2.05) is 31.2 Å². The van der Waals surface area contributed by atoms with E-state index in [1.165, 1.54) is 28.6 Å². The monoisotopic (exact) mass is 390 g/mol. The van der Waals surface area contributed by atoms with E-state index in [-0.39, 0.29) is 17.6 Å². The Morgan fingerprint density at radius 3 is 2.26 bits per heavy atom. The number of carbonyl (C=O) groups excluding carboxylic acids is 1. The van der Waals surface area contributed by atoms with Crippen LogP contribution in [0.3, 0.4) is 0 Å². The average Bonchev–Trinajstić information content (AvgIpc) is 2.65. The van der Waals surface area contributed by atoms with E-state index < -0.39 is 15.8 Å². The number of nitrogens with one attached hydrogen (secondary N) is 1. The second-order valence-corrected chi connectivity index (χ2v) is 8.88. The molecule has 2 aromatic rings. The van der Waals surface area contributed by atoms with Crippen molar-refractivity contribution in [3.8, 4) is 0 Å². The summed E-state index contributed by atoms with van der Waals surface area (Å²) in [4.78, 5) is 12.4. The van der Waals surface area contributed by atoms with Crippen molar-refractivity contribution in [2.45, 2.75) is 25.5 Å². The lowest BCUT2D eigenvalue weighted by Crippen LogP contribution is -2.41. The van der Waals surface area contributed by atoms with E-state index in [0.717, 1.165) is 11.3 Å². The molecule has 0 aromatic heterocycles. The van der Waals surface area contributed by atoms with E-state index in [0.29, 0.717) is 31.5 Å². The summed E-state index contributed by atoms with van der Waals surface area (Å²) in [6, 6.07) is 13.0. The minimum absolute atomic E-state index is 0.0746. The first kappa shape index (κ1) is 19.5. The van der Waals surface area contributed by atoms with Gasteiger partial charge in [-0.1, -0.05) is 29.8 Å². The van der Waals surface area contributed by atoms with Crippen LogP contribution < -0.4 is 5.32 Å². The van der Waals surface area contributed by atoms with Crippen molar-refractivity contribution >= 4 is 21.6 Å². The fraction of sp³-hybridized carbons (Fsp3) is 0.350. The van der Waals surface area contributed by atoms with Crippen LogP contribution in [0.4, 0.5) is 10.1 Å². The van der Waals surface area contributed by atoms with Crippen molar-refractivity contribution in [2.75, 3.05) is 18.4 Å². The highest BCUT2D eigenvalue weighted by atomic mass is 32.2. The Morgan fingerprint density at radius 1 is 1.07 bits per heavy atom. The number of rotatable bonds is 5. The number of carbonyl (C=O) groups is 1.